The van der Waals surface area contributed by atoms with Gasteiger partial charge in [0.25, 0.3) is 0 Å². The van der Waals surface area contributed by atoms with Crippen LogP contribution < -0.4 is 0 Å². The van der Waals surface area contributed by atoms with Crippen LogP contribution in [-0.4, -0.2) is 10.4 Å². The Morgan fingerprint density at radius 1 is 1.31 bits per heavy atom. The predicted octanol–water partition coefficient (Wildman–Crippen LogP) is 2.90. The van der Waals surface area contributed by atoms with E-state index in [1.165, 1.54) is 6.20 Å². The van der Waals surface area contributed by atoms with Gasteiger partial charge in [-0.25, -0.2) is 4.98 Å². The second-order valence-electron chi connectivity index (χ2n) is 2.61. The number of allylic oxidation sites excluding steroid dienone is 3. The lowest BCUT2D eigenvalue weighted by atomic mass is 10.3. The quantitative estimate of drug-likeness (QED) is 0.623. The molecule has 0 N–H and O–H groups in total. The average molecular weight is 192 g/mol. The van der Waals surface area contributed by atoms with Crippen LogP contribution in [0.25, 0.3) is 0 Å². The van der Waals surface area contributed by atoms with Crippen LogP contribution in [0.5, 0.6) is 0 Å². The lowest BCUT2D eigenvalue weighted by molar-refractivity contribution is 1.11. The van der Waals surface area contributed by atoms with Crippen molar-refractivity contribution in [3.8, 4) is 0 Å². The fourth-order valence-corrected chi connectivity index (χ4v) is 2.32. The number of aryl methyl sites for hydroxylation is 1. The minimum atomic E-state index is -2.07. The standard InChI is InChI=1S/C11H11NS/c1-10-5-6-11(12-9-10)13-7-3-2-4-8-13/h2-9H,1H3/i1D3. The Kier molecular flexibility index (Phi) is 1.58. The van der Waals surface area contributed by atoms with Crippen LogP contribution in [0.4, 0.5) is 0 Å². The van der Waals surface area contributed by atoms with Gasteiger partial charge in [-0.2, -0.15) is 0 Å². The van der Waals surface area contributed by atoms with Crippen molar-refractivity contribution in [3.63, 3.8) is 0 Å². The van der Waals surface area contributed by atoms with Gasteiger partial charge in [-0.05, 0) is 29.3 Å². The number of aromatic nitrogens is 1. The van der Waals surface area contributed by atoms with Crippen molar-refractivity contribution in [1.82, 2.24) is 4.98 Å². The van der Waals surface area contributed by atoms with E-state index < -0.39 is 6.85 Å². The summed E-state index contributed by atoms with van der Waals surface area (Å²) >= 11 is 0. The number of pyridine rings is 1. The molecule has 1 nitrogen and oxygen atoms in total. The van der Waals surface area contributed by atoms with Gasteiger partial charge in [-0.15, -0.1) is 10.5 Å². The summed E-state index contributed by atoms with van der Waals surface area (Å²) in [4.78, 5) is 4.20. The molecule has 0 bridgehead atoms. The lowest BCUT2D eigenvalue weighted by Crippen LogP contribution is -1.83. The zero-order valence-electron chi connectivity index (χ0n) is 9.97. The molecule has 1 aliphatic heterocycles. The first-order valence-electron chi connectivity index (χ1n) is 5.44. The molecule has 2 heteroatoms. The van der Waals surface area contributed by atoms with E-state index in [2.05, 4.69) is 15.8 Å². The van der Waals surface area contributed by atoms with E-state index in [0.29, 0.717) is 0 Å². The van der Waals surface area contributed by atoms with Crippen LogP contribution in [-0.2, 0) is 0 Å². The Balaban J connectivity index is 2.30. The van der Waals surface area contributed by atoms with E-state index in [9.17, 15) is 0 Å². The van der Waals surface area contributed by atoms with Crippen molar-refractivity contribution < 1.29 is 4.11 Å². The van der Waals surface area contributed by atoms with Gasteiger partial charge in [0.15, 0.2) is 0 Å². The van der Waals surface area contributed by atoms with Crippen LogP contribution in [0.1, 0.15) is 9.68 Å². The first-order chi connectivity index (χ1) is 7.57. The maximum atomic E-state index is 7.25. The van der Waals surface area contributed by atoms with Crippen LogP contribution in [0.15, 0.2) is 47.0 Å². The Labute approximate surface area is 85.0 Å². The Hall–Kier alpha value is -1.15. The maximum absolute atomic E-state index is 7.25. The van der Waals surface area contributed by atoms with E-state index >= 15 is 0 Å². The summed E-state index contributed by atoms with van der Waals surface area (Å²) < 4.78 is 21.8. The summed E-state index contributed by atoms with van der Waals surface area (Å²) in [5, 5.41) is 5.00. The molecule has 0 aromatic carbocycles. The van der Waals surface area contributed by atoms with E-state index in [4.69, 9.17) is 4.11 Å². The van der Waals surface area contributed by atoms with E-state index in [1.807, 2.05) is 18.2 Å². The molecule has 0 saturated carbocycles. The molecule has 13 heavy (non-hydrogen) atoms. The minimum Gasteiger partial charge on any atom is -0.250 e. The molecule has 0 amide bonds. The second kappa shape index (κ2) is 3.71. The molecule has 2 heterocycles. The Morgan fingerprint density at radius 2 is 2.31 bits per heavy atom. The zero-order valence-corrected chi connectivity index (χ0v) is 7.79. The summed E-state index contributed by atoms with van der Waals surface area (Å²) in [7, 11) is -0.130. The molecule has 1 aliphatic rings. The van der Waals surface area contributed by atoms with Crippen molar-refractivity contribution in [2.24, 2.45) is 0 Å². The minimum absolute atomic E-state index is 0.130. The van der Waals surface area contributed by atoms with Crippen molar-refractivity contribution in [1.29, 1.82) is 0 Å². The van der Waals surface area contributed by atoms with Crippen molar-refractivity contribution in [3.05, 3.63) is 47.5 Å². The van der Waals surface area contributed by atoms with Gasteiger partial charge < -0.3 is 0 Å². The molecule has 1 aromatic rings. The highest BCUT2D eigenvalue weighted by molar-refractivity contribution is 8.17. The lowest BCUT2D eigenvalue weighted by Gasteiger charge is -2.04. The maximum Gasteiger partial charge on any atom is 0.0944 e. The van der Waals surface area contributed by atoms with Gasteiger partial charge in [0, 0.05) is 10.3 Å². The molecular weight excluding hydrogens is 178 g/mol. The topological polar surface area (TPSA) is 12.9 Å². The van der Waals surface area contributed by atoms with Crippen LogP contribution in [0.2, 0.25) is 0 Å². The van der Waals surface area contributed by atoms with Crippen LogP contribution >= 0.6 is 10.5 Å². The van der Waals surface area contributed by atoms with Gasteiger partial charge >= 0.3 is 0 Å². The van der Waals surface area contributed by atoms with Gasteiger partial charge in [0.2, 0.25) is 0 Å². The molecule has 0 spiro atoms. The Bertz CT molecular complexity index is 469. The molecule has 0 aliphatic carbocycles. The normalized spacial score (nSPS) is 24.3. The van der Waals surface area contributed by atoms with Crippen LogP contribution in [0, 0.1) is 6.85 Å². The SMILES string of the molecule is [2H]C([2H])([2H])c1ccc(S2=CC=CC=C2)nc1. The summed E-state index contributed by atoms with van der Waals surface area (Å²) in [5.74, 6) is 0. The summed E-state index contributed by atoms with van der Waals surface area (Å²) in [6.07, 6.45) is 7.35. The summed E-state index contributed by atoms with van der Waals surface area (Å²) in [5.41, 5.74) is 0.288. The third-order valence-electron chi connectivity index (χ3n) is 1.65. The number of hydrogen-bond acceptors (Lipinski definition) is 1. The number of nitrogens with zero attached hydrogens (tertiary/aromatic N) is 1. The summed E-state index contributed by atoms with van der Waals surface area (Å²) in [6, 6.07) is 3.41. The van der Waals surface area contributed by atoms with Crippen molar-refractivity contribution >= 4 is 15.9 Å². The monoisotopic (exact) mass is 192 g/mol. The fraction of sp³-hybridized carbons (Fsp3) is 0.0909. The molecule has 1 aromatic heterocycles. The number of hydrogen-bond donors (Lipinski definition) is 0. The highest BCUT2D eigenvalue weighted by atomic mass is 32.2. The Morgan fingerprint density at radius 3 is 2.92 bits per heavy atom. The third-order valence-corrected chi connectivity index (χ3v) is 3.28. The predicted molar refractivity (Wildman–Crippen MR) is 59.2 cm³/mol. The van der Waals surface area contributed by atoms with Crippen molar-refractivity contribution in [2.75, 3.05) is 0 Å². The van der Waals surface area contributed by atoms with Crippen LogP contribution in [0.3, 0.4) is 0 Å². The zero-order chi connectivity index (χ0) is 11.6. The fourth-order valence-electron chi connectivity index (χ4n) is 1.03. The summed E-state index contributed by atoms with van der Waals surface area (Å²) in [6.45, 7) is -2.07. The molecule has 0 fully saturated rings. The smallest absolute Gasteiger partial charge is 0.0944 e. The number of rotatable bonds is 1. The average Bonchev–Trinajstić information content (AvgIpc) is 2.29. The molecular formula is C11H11NS. The van der Waals surface area contributed by atoms with E-state index in [0.717, 1.165) is 5.03 Å². The first-order valence-corrected chi connectivity index (χ1v) is 5.29. The van der Waals surface area contributed by atoms with Gasteiger partial charge in [0.1, 0.15) is 0 Å². The molecule has 0 saturated heterocycles. The highest BCUT2D eigenvalue weighted by Crippen LogP contribution is 2.26. The van der Waals surface area contributed by atoms with Gasteiger partial charge in [-0.3, -0.25) is 0 Å². The van der Waals surface area contributed by atoms with Gasteiger partial charge in [0.05, 0.1) is 5.03 Å². The highest BCUT2D eigenvalue weighted by Gasteiger charge is 1.97. The molecule has 0 radical (unpaired) electrons. The molecule has 1 atom stereocenters. The first kappa shape index (κ1) is 5.55. The van der Waals surface area contributed by atoms with Crippen molar-refractivity contribution in [2.45, 2.75) is 11.9 Å². The molecule has 66 valence electrons. The molecule has 2 rings (SSSR count). The second-order valence-corrected chi connectivity index (χ2v) is 4.31. The van der Waals surface area contributed by atoms with Gasteiger partial charge in [-0.1, -0.05) is 24.3 Å². The largest absolute Gasteiger partial charge is 0.250 e. The molecule has 1 unspecified atom stereocenters. The van der Waals surface area contributed by atoms with E-state index in [1.54, 1.807) is 12.1 Å². The third kappa shape index (κ3) is 1.95. The van der Waals surface area contributed by atoms with E-state index in [-0.39, 0.29) is 16.0 Å².